The van der Waals surface area contributed by atoms with Gasteiger partial charge >= 0.3 is 0 Å². The maximum absolute atomic E-state index is 13.1. The number of H-pyrrole nitrogens is 1. The molecular weight excluding hydrogens is 400 g/mol. The molecule has 32 heavy (non-hydrogen) atoms. The van der Waals surface area contributed by atoms with Crippen molar-refractivity contribution in [2.24, 2.45) is 5.92 Å². The molecule has 0 spiro atoms. The predicted molar refractivity (Wildman–Crippen MR) is 126 cm³/mol. The summed E-state index contributed by atoms with van der Waals surface area (Å²) in [6.07, 6.45) is 6.38. The number of anilines is 2. The first-order chi connectivity index (χ1) is 15.6. The number of amides is 2. The zero-order valence-corrected chi connectivity index (χ0v) is 17.8. The highest BCUT2D eigenvalue weighted by Gasteiger charge is 2.22. The van der Waals surface area contributed by atoms with Crippen LogP contribution in [0.3, 0.4) is 0 Å². The van der Waals surface area contributed by atoms with Crippen LogP contribution in [0.5, 0.6) is 0 Å². The number of aromatic nitrogens is 2. The minimum absolute atomic E-state index is 0.181. The number of fused-ring (bicyclic) bond motifs is 3. The number of rotatable bonds is 4. The molecule has 0 fully saturated rings. The Morgan fingerprint density at radius 2 is 1.69 bits per heavy atom. The first kappa shape index (κ1) is 20.0. The summed E-state index contributed by atoms with van der Waals surface area (Å²) >= 11 is 0. The lowest BCUT2D eigenvalue weighted by atomic mass is 9.87. The highest BCUT2D eigenvalue weighted by molar-refractivity contribution is 6.13. The molecule has 2 heterocycles. The number of aryl methyl sites for hydroxylation is 1. The molecule has 2 amide bonds. The van der Waals surface area contributed by atoms with E-state index in [1.807, 2.05) is 18.2 Å². The van der Waals surface area contributed by atoms with Gasteiger partial charge in [-0.15, -0.1) is 0 Å². The van der Waals surface area contributed by atoms with Gasteiger partial charge in [-0.3, -0.25) is 14.6 Å². The first-order valence-corrected chi connectivity index (χ1v) is 10.8. The van der Waals surface area contributed by atoms with Crippen LogP contribution in [-0.4, -0.2) is 21.8 Å². The van der Waals surface area contributed by atoms with E-state index in [1.54, 1.807) is 42.7 Å². The van der Waals surface area contributed by atoms with Crippen LogP contribution in [0.2, 0.25) is 0 Å². The van der Waals surface area contributed by atoms with E-state index in [1.165, 1.54) is 17.7 Å². The summed E-state index contributed by atoms with van der Waals surface area (Å²) in [6.45, 7) is 2.28. The van der Waals surface area contributed by atoms with E-state index in [0.29, 0.717) is 28.4 Å². The van der Waals surface area contributed by atoms with Gasteiger partial charge in [0.15, 0.2) is 0 Å². The number of nitrogens with zero attached hydrogens (tertiary/aromatic N) is 1. The van der Waals surface area contributed by atoms with Crippen molar-refractivity contribution in [3.05, 3.63) is 89.4 Å². The molecule has 1 aliphatic carbocycles. The molecule has 0 radical (unpaired) electrons. The van der Waals surface area contributed by atoms with Crippen molar-refractivity contribution in [2.75, 3.05) is 10.6 Å². The molecule has 160 valence electrons. The number of pyridine rings is 1. The highest BCUT2D eigenvalue weighted by Crippen LogP contribution is 2.33. The summed E-state index contributed by atoms with van der Waals surface area (Å²) in [4.78, 5) is 33.0. The van der Waals surface area contributed by atoms with Gasteiger partial charge in [0.1, 0.15) is 0 Å². The maximum Gasteiger partial charge on any atom is 0.257 e. The second kappa shape index (κ2) is 8.30. The molecule has 4 aromatic rings. The molecule has 5 rings (SSSR count). The van der Waals surface area contributed by atoms with E-state index in [4.69, 9.17) is 0 Å². The summed E-state index contributed by atoms with van der Waals surface area (Å²) in [5.41, 5.74) is 5.85. The fourth-order valence-electron chi connectivity index (χ4n) is 4.38. The van der Waals surface area contributed by atoms with Crippen molar-refractivity contribution in [1.29, 1.82) is 0 Å². The minimum atomic E-state index is -0.230. The summed E-state index contributed by atoms with van der Waals surface area (Å²) in [5.74, 6) is 0.246. The molecule has 1 unspecified atom stereocenters. The van der Waals surface area contributed by atoms with E-state index >= 15 is 0 Å². The molecule has 1 atom stereocenters. The van der Waals surface area contributed by atoms with Gasteiger partial charge in [0.2, 0.25) is 0 Å². The van der Waals surface area contributed by atoms with E-state index in [0.717, 1.165) is 23.7 Å². The number of aromatic amines is 1. The summed E-state index contributed by atoms with van der Waals surface area (Å²) in [7, 11) is 0. The third kappa shape index (κ3) is 3.87. The van der Waals surface area contributed by atoms with Gasteiger partial charge in [0, 0.05) is 40.4 Å². The average Bonchev–Trinajstić information content (AvgIpc) is 3.18. The highest BCUT2D eigenvalue weighted by atomic mass is 16.2. The minimum Gasteiger partial charge on any atom is -0.358 e. The number of hydrogen-bond donors (Lipinski definition) is 3. The van der Waals surface area contributed by atoms with Gasteiger partial charge < -0.3 is 15.6 Å². The van der Waals surface area contributed by atoms with Crippen molar-refractivity contribution < 1.29 is 9.59 Å². The molecular formula is C26H24N4O2. The first-order valence-electron chi connectivity index (χ1n) is 10.8. The second-order valence-corrected chi connectivity index (χ2v) is 8.38. The van der Waals surface area contributed by atoms with E-state index in [-0.39, 0.29) is 11.8 Å². The Bertz CT molecular complexity index is 1310. The zero-order chi connectivity index (χ0) is 22.1. The van der Waals surface area contributed by atoms with Crippen LogP contribution in [0.25, 0.3) is 10.9 Å². The Morgan fingerprint density at radius 1 is 0.969 bits per heavy atom. The fourth-order valence-corrected chi connectivity index (χ4v) is 4.38. The number of carbonyl (C=O) groups is 2. The van der Waals surface area contributed by atoms with Gasteiger partial charge in [-0.25, -0.2) is 0 Å². The molecule has 6 heteroatoms. The number of nitrogens with one attached hydrogen (secondary N) is 3. The van der Waals surface area contributed by atoms with Crippen LogP contribution < -0.4 is 10.6 Å². The molecule has 0 saturated carbocycles. The van der Waals surface area contributed by atoms with Crippen LogP contribution in [0.15, 0.2) is 67.0 Å². The Kier molecular flexibility index (Phi) is 5.19. The largest absolute Gasteiger partial charge is 0.358 e. The van der Waals surface area contributed by atoms with Gasteiger partial charge in [0.05, 0.1) is 11.1 Å². The van der Waals surface area contributed by atoms with Crippen molar-refractivity contribution in [3.8, 4) is 0 Å². The fraction of sp³-hybridized carbons (Fsp3) is 0.192. The van der Waals surface area contributed by atoms with Crippen LogP contribution >= 0.6 is 0 Å². The van der Waals surface area contributed by atoms with Gasteiger partial charge in [-0.05, 0) is 67.1 Å². The third-order valence-electron chi connectivity index (χ3n) is 6.03. The molecule has 3 N–H and O–H groups in total. The predicted octanol–water partition coefficient (Wildman–Crippen LogP) is 5.19. The van der Waals surface area contributed by atoms with E-state index < -0.39 is 0 Å². The van der Waals surface area contributed by atoms with Crippen molar-refractivity contribution in [3.63, 3.8) is 0 Å². The molecule has 2 aromatic heterocycles. The van der Waals surface area contributed by atoms with Crippen molar-refractivity contribution >= 4 is 34.1 Å². The maximum atomic E-state index is 13.1. The van der Waals surface area contributed by atoms with E-state index in [9.17, 15) is 9.59 Å². The molecule has 2 aromatic carbocycles. The lowest BCUT2D eigenvalue weighted by Gasteiger charge is -2.17. The van der Waals surface area contributed by atoms with Crippen LogP contribution in [0, 0.1) is 5.92 Å². The normalized spacial score (nSPS) is 15.2. The van der Waals surface area contributed by atoms with Crippen LogP contribution in [0.1, 0.15) is 45.3 Å². The SMILES string of the molecule is CC1CCc2[nH]c3c(C(=O)Nc4cccc(NC(=O)c5ccncc5)c4)cccc3c2C1. The summed E-state index contributed by atoms with van der Waals surface area (Å²) < 4.78 is 0. The summed E-state index contributed by atoms with van der Waals surface area (Å²) in [6, 6.07) is 16.3. The topological polar surface area (TPSA) is 86.9 Å². The number of hydrogen-bond acceptors (Lipinski definition) is 3. The zero-order valence-electron chi connectivity index (χ0n) is 17.8. The number of benzene rings is 2. The number of carbonyl (C=O) groups excluding carboxylic acids is 2. The molecule has 0 aliphatic heterocycles. The van der Waals surface area contributed by atoms with Crippen molar-refractivity contribution in [1.82, 2.24) is 9.97 Å². The van der Waals surface area contributed by atoms with Crippen LogP contribution in [0.4, 0.5) is 11.4 Å². The Morgan fingerprint density at radius 3 is 2.47 bits per heavy atom. The smallest absolute Gasteiger partial charge is 0.257 e. The number of para-hydroxylation sites is 1. The third-order valence-corrected chi connectivity index (χ3v) is 6.03. The van der Waals surface area contributed by atoms with Gasteiger partial charge in [0.25, 0.3) is 11.8 Å². The second-order valence-electron chi connectivity index (χ2n) is 8.38. The molecule has 0 saturated heterocycles. The standard InChI is InChI=1S/C26H24N4O2/c1-16-8-9-23-22(14-16)20-6-3-7-21(24(20)30-23)26(32)29-19-5-2-4-18(15-19)28-25(31)17-10-12-27-13-11-17/h2-7,10-13,15-16,30H,8-9,14H2,1H3,(H,28,31)(H,29,32). The van der Waals surface area contributed by atoms with Gasteiger partial charge in [-0.2, -0.15) is 0 Å². The Hall–Kier alpha value is -3.93. The van der Waals surface area contributed by atoms with Crippen molar-refractivity contribution in [2.45, 2.75) is 26.2 Å². The lowest BCUT2D eigenvalue weighted by molar-refractivity contribution is 0.102. The average molecular weight is 425 g/mol. The van der Waals surface area contributed by atoms with Crippen LogP contribution in [-0.2, 0) is 12.8 Å². The molecule has 1 aliphatic rings. The van der Waals surface area contributed by atoms with Gasteiger partial charge in [-0.1, -0.05) is 25.1 Å². The molecule has 6 nitrogen and oxygen atoms in total. The Balaban J connectivity index is 1.37. The Labute approximate surface area is 186 Å². The van der Waals surface area contributed by atoms with E-state index in [2.05, 4.69) is 33.6 Å². The quantitative estimate of drug-likeness (QED) is 0.421. The molecule has 0 bridgehead atoms. The summed E-state index contributed by atoms with van der Waals surface area (Å²) in [5, 5.41) is 6.96. The lowest BCUT2D eigenvalue weighted by Crippen LogP contribution is -2.14. The monoisotopic (exact) mass is 424 g/mol.